The molecule has 0 radical (unpaired) electrons. The average molecular weight is 374 g/mol. The number of hydrogen-bond donors (Lipinski definition) is 2. The lowest BCUT2D eigenvalue weighted by atomic mass is 10.1. The Hall–Kier alpha value is -1.70. The van der Waals surface area contributed by atoms with Crippen LogP contribution in [0.1, 0.15) is 35.1 Å². The van der Waals surface area contributed by atoms with Crippen LogP contribution in [0.25, 0.3) is 0 Å². The van der Waals surface area contributed by atoms with Crippen LogP contribution in [-0.4, -0.2) is 34.0 Å². The SMILES string of the molecule is Cc1c(C(=O)Nc2ccc(F)c(Cl)c2)nnn1C1CCNCC1.Cl. The van der Waals surface area contributed by atoms with Crippen molar-refractivity contribution in [1.29, 1.82) is 0 Å². The number of amides is 1. The second-order valence-corrected chi connectivity index (χ2v) is 5.94. The second-order valence-electron chi connectivity index (χ2n) is 5.53. The van der Waals surface area contributed by atoms with Crippen molar-refractivity contribution in [3.05, 3.63) is 40.4 Å². The number of carbonyl (C=O) groups excluding carboxylic acids is 1. The fraction of sp³-hybridized carbons (Fsp3) is 0.400. The van der Waals surface area contributed by atoms with Gasteiger partial charge in [-0.25, -0.2) is 9.07 Å². The molecule has 0 bridgehead atoms. The number of piperidine rings is 1. The van der Waals surface area contributed by atoms with Gasteiger partial charge in [0.25, 0.3) is 5.91 Å². The van der Waals surface area contributed by atoms with Crippen LogP contribution in [0, 0.1) is 12.7 Å². The van der Waals surface area contributed by atoms with Crippen LogP contribution >= 0.6 is 24.0 Å². The maximum absolute atomic E-state index is 13.2. The van der Waals surface area contributed by atoms with Crippen molar-refractivity contribution in [3.63, 3.8) is 0 Å². The third-order valence-corrected chi connectivity index (χ3v) is 4.26. The van der Waals surface area contributed by atoms with Crippen molar-refractivity contribution >= 4 is 35.6 Å². The molecule has 3 rings (SSSR count). The van der Waals surface area contributed by atoms with Gasteiger partial charge in [-0.05, 0) is 51.1 Å². The Morgan fingerprint density at radius 2 is 2.12 bits per heavy atom. The molecule has 6 nitrogen and oxygen atoms in total. The van der Waals surface area contributed by atoms with Gasteiger partial charge in [-0.3, -0.25) is 4.79 Å². The zero-order valence-corrected chi connectivity index (χ0v) is 14.6. The van der Waals surface area contributed by atoms with Crippen molar-refractivity contribution in [2.24, 2.45) is 0 Å². The number of benzene rings is 1. The largest absolute Gasteiger partial charge is 0.320 e. The van der Waals surface area contributed by atoms with Crippen LogP contribution in [0.2, 0.25) is 5.02 Å². The van der Waals surface area contributed by atoms with E-state index in [9.17, 15) is 9.18 Å². The first-order chi connectivity index (χ1) is 11.1. The first-order valence-electron chi connectivity index (χ1n) is 7.45. The minimum atomic E-state index is -0.530. The highest BCUT2D eigenvalue weighted by atomic mass is 35.5. The number of nitrogens with zero attached hydrogens (tertiary/aromatic N) is 3. The van der Waals surface area contributed by atoms with Crippen LogP contribution in [-0.2, 0) is 0 Å². The molecule has 0 spiro atoms. The number of rotatable bonds is 3. The van der Waals surface area contributed by atoms with Crippen molar-refractivity contribution in [2.75, 3.05) is 18.4 Å². The van der Waals surface area contributed by atoms with E-state index in [2.05, 4.69) is 20.9 Å². The van der Waals surface area contributed by atoms with Gasteiger partial charge >= 0.3 is 0 Å². The van der Waals surface area contributed by atoms with Crippen LogP contribution in [0.3, 0.4) is 0 Å². The van der Waals surface area contributed by atoms with Crippen LogP contribution < -0.4 is 10.6 Å². The van der Waals surface area contributed by atoms with E-state index in [4.69, 9.17) is 11.6 Å². The Bertz CT molecular complexity index is 731. The molecule has 1 amide bonds. The highest BCUT2D eigenvalue weighted by Gasteiger charge is 2.23. The minimum absolute atomic E-state index is 0. The molecule has 0 unspecified atom stereocenters. The van der Waals surface area contributed by atoms with Crippen molar-refractivity contribution < 1.29 is 9.18 Å². The van der Waals surface area contributed by atoms with Gasteiger partial charge < -0.3 is 10.6 Å². The molecule has 0 atom stereocenters. The lowest BCUT2D eigenvalue weighted by Crippen LogP contribution is -2.30. The molecule has 1 aromatic heterocycles. The number of carbonyl (C=O) groups is 1. The van der Waals surface area contributed by atoms with Crippen LogP contribution in [0.15, 0.2) is 18.2 Å². The van der Waals surface area contributed by atoms with E-state index in [0.29, 0.717) is 5.69 Å². The van der Waals surface area contributed by atoms with E-state index in [1.165, 1.54) is 18.2 Å². The molecule has 130 valence electrons. The standard InChI is InChI=1S/C15H17ClFN5O.ClH/c1-9-14(20-21-22(9)11-4-6-18-7-5-11)15(23)19-10-2-3-13(17)12(16)8-10;/h2-3,8,11,18H,4-7H2,1H3,(H,19,23);1H. The molecule has 1 saturated heterocycles. The lowest BCUT2D eigenvalue weighted by molar-refractivity contribution is 0.102. The highest BCUT2D eigenvalue weighted by Crippen LogP contribution is 2.22. The van der Waals surface area contributed by atoms with E-state index < -0.39 is 5.82 Å². The maximum Gasteiger partial charge on any atom is 0.278 e. The molecule has 1 aliphatic rings. The zero-order chi connectivity index (χ0) is 16.4. The smallest absolute Gasteiger partial charge is 0.278 e. The van der Waals surface area contributed by atoms with Gasteiger partial charge in [-0.2, -0.15) is 0 Å². The van der Waals surface area contributed by atoms with Crippen LogP contribution in [0.5, 0.6) is 0 Å². The Balaban J connectivity index is 0.00000208. The Kier molecular flexibility index (Phi) is 6.15. The summed E-state index contributed by atoms with van der Waals surface area (Å²) in [5, 5.41) is 14.0. The molecule has 2 aromatic rings. The summed E-state index contributed by atoms with van der Waals surface area (Å²) in [6.45, 7) is 3.69. The third kappa shape index (κ3) is 3.85. The second kappa shape index (κ2) is 7.92. The van der Waals surface area contributed by atoms with Gasteiger partial charge in [0.2, 0.25) is 0 Å². The highest BCUT2D eigenvalue weighted by molar-refractivity contribution is 6.31. The van der Waals surface area contributed by atoms with Gasteiger partial charge in [-0.15, -0.1) is 17.5 Å². The van der Waals surface area contributed by atoms with E-state index in [-0.39, 0.29) is 35.1 Å². The molecule has 0 aliphatic carbocycles. The van der Waals surface area contributed by atoms with Crippen molar-refractivity contribution in [3.8, 4) is 0 Å². The van der Waals surface area contributed by atoms with E-state index in [1.54, 1.807) is 0 Å². The van der Waals surface area contributed by atoms with E-state index in [0.717, 1.165) is 31.6 Å². The molecular weight excluding hydrogens is 356 g/mol. The maximum atomic E-state index is 13.2. The number of halogens is 3. The zero-order valence-electron chi connectivity index (χ0n) is 13.1. The summed E-state index contributed by atoms with van der Waals surface area (Å²) in [7, 11) is 0. The van der Waals surface area contributed by atoms with E-state index in [1.807, 2.05) is 11.6 Å². The molecule has 2 N–H and O–H groups in total. The molecule has 1 fully saturated rings. The van der Waals surface area contributed by atoms with Crippen molar-refractivity contribution in [1.82, 2.24) is 20.3 Å². The summed E-state index contributed by atoms with van der Waals surface area (Å²) in [6, 6.07) is 4.27. The fourth-order valence-electron chi connectivity index (χ4n) is 2.71. The predicted octanol–water partition coefficient (Wildman–Crippen LogP) is 2.98. The number of aromatic nitrogens is 3. The topological polar surface area (TPSA) is 71.8 Å². The molecule has 0 saturated carbocycles. The molecular formula is C15H18Cl2FN5O. The number of hydrogen-bond acceptors (Lipinski definition) is 4. The minimum Gasteiger partial charge on any atom is -0.320 e. The first-order valence-corrected chi connectivity index (χ1v) is 7.83. The summed E-state index contributed by atoms with van der Waals surface area (Å²) >= 11 is 5.72. The van der Waals surface area contributed by atoms with Crippen LogP contribution in [0.4, 0.5) is 10.1 Å². The number of nitrogens with one attached hydrogen (secondary N) is 2. The summed E-state index contributed by atoms with van der Waals surface area (Å²) in [5.41, 5.74) is 1.41. The monoisotopic (exact) mass is 373 g/mol. The number of anilines is 1. The van der Waals surface area contributed by atoms with Gasteiger partial charge in [-0.1, -0.05) is 16.8 Å². The normalized spacial score (nSPS) is 15.0. The Morgan fingerprint density at radius 3 is 2.79 bits per heavy atom. The summed E-state index contributed by atoms with van der Waals surface area (Å²) in [6.07, 6.45) is 1.91. The molecule has 24 heavy (non-hydrogen) atoms. The van der Waals surface area contributed by atoms with Gasteiger partial charge in [0.05, 0.1) is 16.8 Å². The lowest BCUT2D eigenvalue weighted by Gasteiger charge is -2.23. The summed E-state index contributed by atoms with van der Waals surface area (Å²) in [4.78, 5) is 12.4. The van der Waals surface area contributed by atoms with E-state index >= 15 is 0 Å². The fourth-order valence-corrected chi connectivity index (χ4v) is 2.89. The third-order valence-electron chi connectivity index (χ3n) is 3.97. The summed E-state index contributed by atoms with van der Waals surface area (Å²) < 4.78 is 15.0. The van der Waals surface area contributed by atoms with Gasteiger partial charge in [0, 0.05) is 5.69 Å². The molecule has 1 aromatic carbocycles. The summed E-state index contributed by atoms with van der Waals surface area (Å²) in [5.74, 6) is -0.914. The Labute approximate surface area is 150 Å². The average Bonchev–Trinajstić information content (AvgIpc) is 2.93. The molecule has 1 aliphatic heterocycles. The quantitative estimate of drug-likeness (QED) is 0.867. The van der Waals surface area contributed by atoms with Crippen molar-refractivity contribution in [2.45, 2.75) is 25.8 Å². The molecule has 2 heterocycles. The Morgan fingerprint density at radius 1 is 1.42 bits per heavy atom. The predicted molar refractivity (Wildman–Crippen MR) is 92.5 cm³/mol. The van der Waals surface area contributed by atoms with Gasteiger partial charge in [0.15, 0.2) is 5.69 Å². The molecule has 9 heteroatoms. The van der Waals surface area contributed by atoms with Gasteiger partial charge in [0.1, 0.15) is 5.82 Å². The first kappa shape index (κ1) is 18.6.